The summed E-state index contributed by atoms with van der Waals surface area (Å²) in [5.74, 6) is 0. The first kappa shape index (κ1) is 19.1. The predicted molar refractivity (Wildman–Crippen MR) is 84.1 cm³/mol. The third kappa shape index (κ3) is 5.54. The Balaban J connectivity index is 4.77. The largest absolute Gasteiger partial charge is 0.420 e. The summed E-state index contributed by atoms with van der Waals surface area (Å²) in [5, 5.41) is 9.81. The number of hydrogen-bond donors (Lipinski definition) is 1. The van der Waals surface area contributed by atoms with Crippen molar-refractivity contribution in [2.24, 2.45) is 0 Å². The molecule has 0 heterocycles. The van der Waals surface area contributed by atoms with Crippen LogP contribution in [0.5, 0.6) is 0 Å². The van der Waals surface area contributed by atoms with Crippen LogP contribution in [0.3, 0.4) is 0 Å². The van der Waals surface area contributed by atoms with Crippen LogP contribution in [0.4, 0.5) is 0 Å². The topological polar surface area (TPSA) is 38.7 Å². The van der Waals surface area contributed by atoms with Crippen LogP contribution < -0.4 is 0 Å². The second-order valence-electron chi connectivity index (χ2n) is 6.95. The Bertz CT molecular complexity index is 266. The molecular weight excluding hydrogens is 256 g/mol. The van der Waals surface area contributed by atoms with Gasteiger partial charge in [-0.15, -0.1) is 0 Å². The summed E-state index contributed by atoms with van der Waals surface area (Å²) >= 11 is 0. The fourth-order valence-corrected chi connectivity index (χ4v) is 3.47. The van der Waals surface area contributed by atoms with E-state index in [-0.39, 0.29) is 16.7 Å². The number of rotatable bonds is 9. The van der Waals surface area contributed by atoms with Crippen LogP contribution in [-0.4, -0.2) is 38.8 Å². The zero-order chi connectivity index (χ0) is 15.3. The lowest BCUT2D eigenvalue weighted by atomic mass is 9.90. The maximum atomic E-state index is 9.68. The van der Waals surface area contributed by atoms with E-state index >= 15 is 0 Å². The van der Waals surface area contributed by atoms with Gasteiger partial charge >= 0.3 is 0 Å². The minimum absolute atomic E-state index is 0.129. The monoisotopic (exact) mass is 290 g/mol. The number of ether oxygens (including phenoxy) is 1. The Labute approximate surface area is 120 Å². The van der Waals surface area contributed by atoms with Crippen LogP contribution in [0.1, 0.15) is 53.9 Å². The van der Waals surface area contributed by atoms with E-state index in [0.29, 0.717) is 6.61 Å². The van der Waals surface area contributed by atoms with E-state index < -0.39 is 8.32 Å². The molecule has 0 radical (unpaired) electrons. The lowest BCUT2D eigenvalue weighted by Crippen LogP contribution is -2.46. The van der Waals surface area contributed by atoms with E-state index in [1.165, 1.54) is 0 Å². The SMILES string of the molecule is CCC(O)COC(C)(CC)CC(C)(C)[Si](C)(C)OC. The Morgan fingerprint density at radius 2 is 1.68 bits per heavy atom. The van der Waals surface area contributed by atoms with Gasteiger partial charge in [0.2, 0.25) is 0 Å². The van der Waals surface area contributed by atoms with Crippen molar-refractivity contribution in [2.75, 3.05) is 13.7 Å². The van der Waals surface area contributed by atoms with Crippen molar-refractivity contribution in [3.63, 3.8) is 0 Å². The second-order valence-corrected chi connectivity index (χ2v) is 11.7. The van der Waals surface area contributed by atoms with Gasteiger partial charge in [-0.25, -0.2) is 0 Å². The van der Waals surface area contributed by atoms with Gasteiger partial charge in [0.05, 0.1) is 18.3 Å². The summed E-state index contributed by atoms with van der Waals surface area (Å²) in [6.45, 7) is 15.8. The molecule has 0 amide bonds. The van der Waals surface area contributed by atoms with Crippen LogP contribution in [0.25, 0.3) is 0 Å². The molecule has 0 aromatic heterocycles. The highest BCUT2D eigenvalue weighted by molar-refractivity contribution is 6.74. The highest BCUT2D eigenvalue weighted by atomic mass is 28.4. The summed E-state index contributed by atoms with van der Waals surface area (Å²) in [6, 6.07) is 0. The normalized spacial score (nSPS) is 18.2. The molecule has 0 fully saturated rings. The van der Waals surface area contributed by atoms with E-state index in [2.05, 4.69) is 40.8 Å². The van der Waals surface area contributed by atoms with Gasteiger partial charge in [0.15, 0.2) is 8.32 Å². The van der Waals surface area contributed by atoms with E-state index in [1.807, 2.05) is 14.0 Å². The third-order valence-electron chi connectivity index (χ3n) is 4.80. The van der Waals surface area contributed by atoms with Gasteiger partial charge in [-0.3, -0.25) is 0 Å². The molecule has 0 spiro atoms. The first-order valence-corrected chi connectivity index (χ1v) is 10.3. The van der Waals surface area contributed by atoms with Gasteiger partial charge in [0.25, 0.3) is 0 Å². The zero-order valence-electron chi connectivity index (χ0n) is 14.2. The van der Waals surface area contributed by atoms with Crippen molar-refractivity contribution >= 4 is 8.32 Å². The van der Waals surface area contributed by atoms with Gasteiger partial charge in [0.1, 0.15) is 0 Å². The molecule has 2 atom stereocenters. The fraction of sp³-hybridized carbons (Fsp3) is 1.00. The molecule has 3 nitrogen and oxygen atoms in total. The third-order valence-corrected chi connectivity index (χ3v) is 9.26. The number of aliphatic hydroxyl groups is 1. The molecule has 0 aromatic rings. The maximum absolute atomic E-state index is 9.68. The summed E-state index contributed by atoms with van der Waals surface area (Å²) in [4.78, 5) is 0. The molecule has 0 bridgehead atoms. The van der Waals surface area contributed by atoms with Crippen molar-refractivity contribution < 1.29 is 14.3 Å². The van der Waals surface area contributed by atoms with Crippen molar-refractivity contribution in [1.29, 1.82) is 0 Å². The van der Waals surface area contributed by atoms with E-state index in [4.69, 9.17) is 9.16 Å². The number of hydrogen-bond acceptors (Lipinski definition) is 3. The Kier molecular flexibility index (Phi) is 7.24. The van der Waals surface area contributed by atoms with Crippen LogP contribution >= 0.6 is 0 Å². The van der Waals surface area contributed by atoms with Gasteiger partial charge in [-0.2, -0.15) is 0 Å². The molecule has 0 saturated carbocycles. The molecule has 0 saturated heterocycles. The minimum atomic E-state index is -1.74. The predicted octanol–water partition coefficient (Wildman–Crippen LogP) is 3.96. The summed E-state index contributed by atoms with van der Waals surface area (Å²) < 4.78 is 11.8. The molecule has 116 valence electrons. The van der Waals surface area contributed by atoms with E-state index in [0.717, 1.165) is 19.3 Å². The average molecular weight is 291 g/mol. The average Bonchev–Trinajstić information content (AvgIpc) is 2.35. The van der Waals surface area contributed by atoms with Gasteiger partial charge in [-0.05, 0) is 44.3 Å². The molecule has 0 rings (SSSR count). The second kappa shape index (κ2) is 7.20. The quantitative estimate of drug-likeness (QED) is 0.653. The first-order valence-electron chi connectivity index (χ1n) is 7.40. The van der Waals surface area contributed by atoms with E-state index in [1.54, 1.807) is 0 Å². The molecule has 0 aliphatic carbocycles. The number of aliphatic hydroxyl groups excluding tert-OH is 1. The van der Waals surface area contributed by atoms with Crippen molar-refractivity contribution in [3.05, 3.63) is 0 Å². The summed E-state index contributed by atoms with van der Waals surface area (Å²) in [6.07, 6.45) is 2.28. The molecule has 4 heteroatoms. The minimum Gasteiger partial charge on any atom is -0.420 e. The zero-order valence-corrected chi connectivity index (χ0v) is 15.2. The van der Waals surface area contributed by atoms with Crippen LogP contribution in [-0.2, 0) is 9.16 Å². The molecule has 1 N–H and O–H groups in total. The highest BCUT2D eigenvalue weighted by Gasteiger charge is 2.44. The Hall–Kier alpha value is 0.0969. The Morgan fingerprint density at radius 3 is 2.05 bits per heavy atom. The Morgan fingerprint density at radius 1 is 1.16 bits per heavy atom. The highest BCUT2D eigenvalue weighted by Crippen LogP contribution is 2.46. The lowest BCUT2D eigenvalue weighted by Gasteiger charge is -2.44. The molecule has 0 aliphatic rings. The summed E-state index contributed by atoms with van der Waals surface area (Å²) in [7, 11) is 0.0804. The molecule has 19 heavy (non-hydrogen) atoms. The van der Waals surface area contributed by atoms with Crippen LogP contribution in [0.2, 0.25) is 18.1 Å². The first-order chi connectivity index (χ1) is 8.53. The van der Waals surface area contributed by atoms with Gasteiger partial charge in [-0.1, -0.05) is 27.7 Å². The molecule has 0 aromatic carbocycles. The maximum Gasteiger partial charge on any atom is 0.191 e. The fourth-order valence-electron chi connectivity index (χ4n) is 2.12. The van der Waals surface area contributed by atoms with Gasteiger partial charge in [0, 0.05) is 7.11 Å². The van der Waals surface area contributed by atoms with Crippen molar-refractivity contribution in [2.45, 2.75) is 83.7 Å². The summed E-state index contributed by atoms with van der Waals surface area (Å²) in [5.41, 5.74) is -0.192. The van der Waals surface area contributed by atoms with Crippen LogP contribution in [0.15, 0.2) is 0 Å². The van der Waals surface area contributed by atoms with Crippen molar-refractivity contribution in [3.8, 4) is 0 Å². The smallest absolute Gasteiger partial charge is 0.191 e. The standard InChI is InChI=1S/C15H34O3Si/c1-9-13(16)11-18-15(5,10-2)12-14(3,4)19(7,8)17-6/h13,16H,9-12H2,1-8H3. The van der Waals surface area contributed by atoms with Gasteiger partial charge < -0.3 is 14.3 Å². The van der Waals surface area contributed by atoms with Crippen molar-refractivity contribution in [1.82, 2.24) is 0 Å². The van der Waals surface area contributed by atoms with Crippen LogP contribution in [0, 0.1) is 0 Å². The lowest BCUT2D eigenvalue weighted by molar-refractivity contribution is -0.0819. The molecule has 2 unspecified atom stereocenters. The van der Waals surface area contributed by atoms with E-state index in [9.17, 15) is 5.11 Å². The molecular formula is C15H34O3Si. The molecule has 0 aliphatic heterocycles.